The fraction of sp³-hybridized carbons (Fsp3) is 0.259. The summed E-state index contributed by atoms with van der Waals surface area (Å²) in [5.41, 5.74) is 4.12. The second-order valence-electron chi connectivity index (χ2n) is 8.19. The van der Waals surface area contributed by atoms with Gasteiger partial charge in [-0.2, -0.15) is 0 Å². The molecule has 2 heterocycles. The van der Waals surface area contributed by atoms with Gasteiger partial charge in [0.05, 0.1) is 19.7 Å². The van der Waals surface area contributed by atoms with E-state index in [0.717, 1.165) is 44.9 Å². The third-order valence-electron chi connectivity index (χ3n) is 5.93. The number of aromatic nitrogens is 2. The molecule has 1 aliphatic heterocycles. The summed E-state index contributed by atoms with van der Waals surface area (Å²) >= 11 is 0. The first-order valence-corrected chi connectivity index (χ1v) is 11.2. The van der Waals surface area contributed by atoms with Gasteiger partial charge in [0, 0.05) is 17.5 Å². The van der Waals surface area contributed by atoms with Crippen LogP contribution in [0.15, 0.2) is 54.6 Å². The molecule has 174 valence electrons. The number of ether oxygens (including phenoxy) is 4. The quantitative estimate of drug-likeness (QED) is 0.406. The molecule has 1 aliphatic rings. The number of fused-ring (bicyclic) bond motifs is 2. The highest BCUT2D eigenvalue weighted by Gasteiger charge is 2.16. The molecule has 7 nitrogen and oxygen atoms in total. The average molecular weight is 458 g/mol. The maximum absolute atomic E-state index is 5.76. The molecule has 1 unspecified atom stereocenters. The van der Waals surface area contributed by atoms with E-state index < -0.39 is 0 Å². The molecule has 0 fully saturated rings. The molecule has 0 saturated heterocycles. The summed E-state index contributed by atoms with van der Waals surface area (Å²) in [5, 5.41) is 4.44. The lowest BCUT2D eigenvalue weighted by Gasteiger charge is -2.20. The smallest absolute Gasteiger partial charge is 0.162 e. The Morgan fingerprint density at radius 3 is 2.38 bits per heavy atom. The summed E-state index contributed by atoms with van der Waals surface area (Å²) < 4.78 is 22.4. The summed E-state index contributed by atoms with van der Waals surface area (Å²) in [4.78, 5) is 9.26. The molecular formula is C27H27N3O4. The van der Waals surface area contributed by atoms with Gasteiger partial charge < -0.3 is 24.3 Å². The van der Waals surface area contributed by atoms with Crippen molar-refractivity contribution in [2.75, 3.05) is 32.8 Å². The summed E-state index contributed by atoms with van der Waals surface area (Å²) in [6.45, 7) is 5.16. The van der Waals surface area contributed by atoms with Crippen molar-refractivity contribution in [3.05, 3.63) is 66.0 Å². The van der Waals surface area contributed by atoms with Crippen LogP contribution in [0.2, 0.25) is 0 Å². The van der Waals surface area contributed by atoms with Crippen LogP contribution in [-0.2, 0) is 0 Å². The molecule has 4 aromatic rings. The highest BCUT2D eigenvalue weighted by atomic mass is 16.6. The molecule has 0 saturated carbocycles. The van der Waals surface area contributed by atoms with Crippen molar-refractivity contribution in [2.45, 2.75) is 19.9 Å². The predicted octanol–water partition coefficient (Wildman–Crippen LogP) is 5.57. The van der Waals surface area contributed by atoms with Gasteiger partial charge in [-0.05, 0) is 54.8 Å². The second-order valence-corrected chi connectivity index (χ2v) is 8.19. The highest BCUT2D eigenvalue weighted by molar-refractivity contribution is 5.92. The molecule has 0 aliphatic carbocycles. The first-order valence-electron chi connectivity index (χ1n) is 11.2. The molecular weight excluding hydrogens is 430 g/mol. The molecule has 1 aromatic heterocycles. The van der Waals surface area contributed by atoms with Crippen molar-refractivity contribution < 1.29 is 18.9 Å². The van der Waals surface area contributed by atoms with E-state index in [2.05, 4.69) is 52.5 Å². The van der Waals surface area contributed by atoms with E-state index in [9.17, 15) is 0 Å². The zero-order chi connectivity index (χ0) is 23.7. The van der Waals surface area contributed by atoms with Crippen molar-refractivity contribution >= 4 is 16.7 Å². The van der Waals surface area contributed by atoms with Crippen LogP contribution in [0.5, 0.6) is 23.0 Å². The van der Waals surface area contributed by atoms with E-state index in [1.807, 2.05) is 31.2 Å². The minimum atomic E-state index is 0.00255. The van der Waals surface area contributed by atoms with Crippen molar-refractivity contribution in [1.82, 2.24) is 9.97 Å². The minimum Gasteiger partial charge on any atom is -0.493 e. The third-order valence-corrected chi connectivity index (χ3v) is 5.93. The molecule has 7 heteroatoms. The summed E-state index contributed by atoms with van der Waals surface area (Å²) in [7, 11) is 3.24. The average Bonchev–Trinajstić information content (AvgIpc) is 2.87. The maximum atomic E-state index is 5.76. The number of aryl methyl sites for hydroxylation is 1. The van der Waals surface area contributed by atoms with Crippen LogP contribution in [-0.4, -0.2) is 37.4 Å². The number of hydrogen-bond donors (Lipinski definition) is 1. The monoisotopic (exact) mass is 457 g/mol. The fourth-order valence-corrected chi connectivity index (χ4v) is 4.18. The van der Waals surface area contributed by atoms with Gasteiger partial charge in [-0.1, -0.05) is 24.3 Å². The molecule has 0 spiro atoms. The van der Waals surface area contributed by atoms with Crippen LogP contribution in [0.4, 0.5) is 5.82 Å². The molecule has 1 atom stereocenters. The third kappa shape index (κ3) is 4.17. The summed E-state index contributed by atoms with van der Waals surface area (Å²) in [6, 6.07) is 18.3. The van der Waals surface area contributed by atoms with Crippen molar-refractivity contribution in [1.29, 1.82) is 0 Å². The van der Waals surface area contributed by atoms with Gasteiger partial charge in [0.1, 0.15) is 24.9 Å². The van der Waals surface area contributed by atoms with E-state index in [0.29, 0.717) is 30.5 Å². The summed E-state index contributed by atoms with van der Waals surface area (Å²) in [5.74, 6) is 4.28. The Morgan fingerprint density at radius 1 is 0.853 bits per heavy atom. The SMILES string of the molecule is COc1cc2nc(C)nc(NC(C)c3cccc(-c4ccc5c(c4)OCCO5)c3)c2cc1OC. The first-order chi connectivity index (χ1) is 16.6. The van der Waals surface area contributed by atoms with Crippen LogP contribution in [0.1, 0.15) is 24.4 Å². The van der Waals surface area contributed by atoms with Crippen LogP contribution in [0.3, 0.4) is 0 Å². The van der Waals surface area contributed by atoms with E-state index in [1.54, 1.807) is 14.2 Å². The largest absolute Gasteiger partial charge is 0.493 e. The Balaban J connectivity index is 1.46. The van der Waals surface area contributed by atoms with E-state index >= 15 is 0 Å². The number of methoxy groups -OCH3 is 2. The normalized spacial score (nSPS) is 13.4. The molecule has 0 bridgehead atoms. The second kappa shape index (κ2) is 9.09. The van der Waals surface area contributed by atoms with Gasteiger partial charge in [0.15, 0.2) is 23.0 Å². The lowest BCUT2D eigenvalue weighted by Crippen LogP contribution is -2.15. The Morgan fingerprint density at radius 2 is 1.59 bits per heavy atom. The van der Waals surface area contributed by atoms with Crippen LogP contribution >= 0.6 is 0 Å². The van der Waals surface area contributed by atoms with Crippen LogP contribution in [0.25, 0.3) is 22.0 Å². The van der Waals surface area contributed by atoms with Gasteiger partial charge in [0.2, 0.25) is 0 Å². The number of anilines is 1. The van der Waals surface area contributed by atoms with Gasteiger partial charge >= 0.3 is 0 Å². The lowest BCUT2D eigenvalue weighted by atomic mass is 9.99. The van der Waals surface area contributed by atoms with Crippen molar-refractivity contribution in [3.63, 3.8) is 0 Å². The van der Waals surface area contributed by atoms with Gasteiger partial charge in [-0.3, -0.25) is 0 Å². The van der Waals surface area contributed by atoms with E-state index in [4.69, 9.17) is 18.9 Å². The number of nitrogens with one attached hydrogen (secondary N) is 1. The Kier molecular flexibility index (Phi) is 5.84. The summed E-state index contributed by atoms with van der Waals surface area (Å²) in [6.07, 6.45) is 0. The zero-order valence-corrected chi connectivity index (χ0v) is 19.7. The zero-order valence-electron chi connectivity index (χ0n) is 19.7. The molecule has 0 radical (unpaired) electrons. The topological polar surface area (TPSA) is 74.7 Å². The number of benzene rings is 3. The number of nitrogens with zero attached hydrogens (tertiary/aromatic N) is 2. The Hall–Kier alpha value is -4.00. The Bertz CT molecular complexity index is 1360. The van der Waals surface area contributed by atoms with Gasteiger partial charge in [-0.25, -0.2) is 9.97 Å². The maximum Gasteiger partial charge on any atom is 0.162 e. The van der Waals surface area contributed by atoms with E-state index in [-0.39, 0.29) is 6.04 Å². The fourth-order valence-electron chi connectivity index (χ4n) is 4.18. The first kappa shape index (κ1) is 21.8. The standard InChI is InChI=1S/C27H27N3O4/c1-16(28-27-21-14-24(31-3)25(32-4)15-22(21)29-17(2)30-27)18-6-5-7-19(12-18)20-8-9-23-26(13-20)34-11-10-33-23/h5-9,12-16H,10-11H2,1-4H3,(H,28,29,30). The number of hydrogen-bond acceptors (Lipinski definition) is 7. The van der Waals surface area contributed by atoms with Gasteiger partial charge in [0.25, 0.3) is 0 Å². The van der Waals surface area contributed by atoms with Crippen molar-refractivity contribution in [2.24, 2.45) is 0 Å². The highest BCUT2D eigenvalue weighted by Crippen LogP contribution is 2.37. The van der Waals surface area contributed by atoms with Gasteiger partial charge in [-0.15, -0.1) is 0 Å². The molecule has 1 N–H and O–H groups in total. The van der Waals surface area contributed by atoms with Crippen LogP contribution < -0.4 is 24.3 Å². The van der Waals surface area contributed by atoms with E-state index in [1.165, 1.54) is 0 Å². The molecule has 5 rings (SSSR count). The lowest BCUT2D eigenvalue weighted by molar-refractivity contribution is 0.171. The van der Waals surface area contributed by atoms with Crippen LogP contribution in [0, 0.1) is 6.92 Å². The Labute approximate surface area is 198 Å². The molecule has 3 aromatic carbocycles. The number of rotatable bonds is 6. The molecule has 0 amide bonds. The predicted molar refractivity (Wildman–Crippen MR) is 132 cm³/mol. The molecule has 34 heavy (non-hydrogen) atoms. The van der Waals surface area contributed by atoms with Crippen molar-refractivity contribution in [3.8, 4) is 34.1 Å². The minimum absolute atomic E-state index is 0.00255.